The molecule has 9 heterocycles. The van der Waals surface area contributed by atoms with Crippen molar-refractivity contribution in [1.82, 2.24) is 47.8 Å². The molecule has 3 aromatic carbocycles. The number of methoxy groups -OCH3 is 1. The average Bonchev–Trinajstić information content (AvgIpc) is 1.65. The Balaban J connectivity index is 0.000000164. The zero-order chi connectivity index (χ0) is 72.1. The number of carbonyl (C=O) groups is 4. The largest absolute Gasteiger partial charge is 0.497 e. The lowest BCUT2D eigenvalue weighted by Crippen LogP contribution is -2.59. The van der Waals surface area contributed by atoms with Crippen molar-refractivity contribution < 1.29 is 82.7 Å². The fourth-order valence-electron chi connectivity index (χ4n) is 15.4. The smallest absolute Gasteiger partial charge is 0.431 e. The molecule has 0 radical (unpaired) electrons. The van der Waals surface area contributed by atoms with Crippen LogP contribution in [0.4, 0.5) is 39.5 Å². The number of aryl methyl sites for hydroxylation is 1. The first-order valence-corrected chi connectivity index (χ1v) is 35.3. The molecular formula is C71H87F9N10O9S. The zero-order valence-electron chi connectivity index (χ0n) is 57.0. The highest BCUT2D eigenvalue weighted by Gasteiger charge is 2.52. The number of benzene rings is 3. The monoisotopic (exact) mass is 1430 g/mol. The molecule has 1 N–H and O–H groups in total. The van der Waals surface area contributed by atoms with Gasteiger partial charge in [-0.1, -0.05) is 6.07 Å². The number of nitrogens with zero attached hydrogens (tertiary/aromatic N) is 9. The van der Waals surface area contributed by atoms with E-state index in [4.69, 9.17) is 14.2 Å². The van der Waals surface area contributed by atoms with Crippen molar-refractivity contribution in [3.05, 3.63) is 160 Å². The minimum absolute atomic E-state index is 0. The minimum atomic E-state index is -4.47. The van der Waals surface area contributed by atoms with Gasteiger partial charge >= 0.3 is 24.5 Å². The number of sulfonamides is 1. The van der Waals surface area contributed by atoms with Gasteiger partial charge in [-0.15, -0.1) is 0 Å². The Hall–Kier alpha value is -7.86. The van der Waals surface area contributed by atoms with Gasteiger partial charge in [0.2, 0.25) is 10.0 Å². The van der Waals surface area contributed by atoms with E-state index < -0.39 is 68.2 Å². The lowest BCUT2D eigenvalue weighted by atomic mass is 9.81. The van der Waals surface area contributed by atoms with E-state index in [1.54, 1.807) is 83.3 Å². The van der Waals surface area contributed by atoms with Crippen LogP contribution in [0, 0.1) is 6.92 Å². The summed E-state index contributed by atoms with van der Waals surface area (Å²) in [6.07, 6.45) is -8.48. The van der Waals surface area contributed by atoms with Gasteiger partial charge in [0.15, 0.2) is 0 Å². The van der Waals surface area contributed by atoms with Crippen molar-refractivity contribution in [3.63, 3.8) is 0 Å². The number of aromatic nitrogens is 3. The molecule has 100 heavy (non-hydrogen) atoms. The number of alkyl halides is 9. The molecule has 4 fully saturated rings. The first kappa shape index (κ1) is 73.4. The number of carbonyl (C=O) groups excluding carboxylic acids is 4. The number of esters is 1. The molecule has 3 spiro atoms. The summed E-state index contributed by atoms with van der Waals surface area (Å²) in [5, 5.41) is 0. The van der Waals surface area contributed by atoms with Gasteiger partial charge in [0.1, 0.15) is 28.6 Å². The number of fused-ring (bicyclic) bond motifs is 6. The van der Waals surface area contributed by atoms with Crippen LogP contribution in [0.15, 0.2) is 108 Å². The lowest BCUT2D eigenvalue weighted by Gasteiger charge is -2.51. The number of hydrogen-bond donors (Lipinski definition) is 1. The number of hydrogen-bond acceptors (Lipinski definition) is 12. The average molecular weight is 1430 g/mol. The second-order valence-electron chi connectivity index (χ2n) is 27.1. The van der Waals surface area contributed by atoms with E-state index in [2.05, 4.69) is 14.5 Å². The van der Waals surface area contributed by atoms with Crippen LogP contribution in [0.1, 0.15) is 144 Å². The normalized spacial score (nSPS) is 19.3. The van der Waals surface area contributed by atoms with Crippen molar-refractivity contribution in [1.29, 1.82) is 0 Å². The van der Waals surface area contributed by atoms with Gasteiger partial charge in [-0.2, -0.15) is 39.5 Å². The number of amides is 3. The third-order valence-corrected chi connectivity index (χ3v) is 22.4. The number of ether oxygens (including phenoxy) is 3. The molecule has 1 saturated carbocycles. The summed E-state index contributed by atoms with van der Waals surface area (Å²) in [7, 11) is 1.85. The second kappa shape index (κ2) is 28.5. The fraction of sp³-hybridized carbons (Fsp3) is 0.521. The van der Waals surface area contributed by atoms with E-state index in [0.717, 1.165) is 36.3 Å². The van der Waals surface area contributed by atoms with Crippen molar-refractivity contribution in [3.8, 4) is 11.5 Å². The van der Waals surface area contributed by atoms with Crippen molar-refractivity contribution >= 4 is 33.7 Å². The molecule has 19 nitrogen and oxygen atoms in total. The molecule has 0 bridgehead atoms. The zero-order valence-corrected chi connectivity index (χ0v) is 57.9. The molecular weight excluding hydrogens is 1340 g/mol. The quantitative estimate of drug-likeness (QED) is 0.0908. The second-order valence-corrected chi connectivity index (χ2v) is 28.8. The molecule has 13 rings (SSSR count). The van der Waals surface area contributed by atoms with Crippen LogP contribution in [-0.2, 0) is 74.3 Å². The molecule has 6 aromatic rings. The van der Waals surface area contributed by atoms with Crippen molar-refractivity contribution in [2.45, 2.75) is 151 Å². The third-order valence-electron chi connectivity index (χ3n) is 20.9. The highest BCUT2D eigenvalue weighted by molar-refractivity contribution is 7.89. The molecule has 0 atom stereocenters. The van der Waals surface area contributed by atoms with Gasteiger partial charge < -0.3 is 42.6 Å². The van der Waals surface area contributed by atoms with Crippen LogP contribution in [0.25, 0.3) is 0 Å². The van der Waals surface area contributed by atoms with Crippen LogP contribution in [0.5, 0.6) is 11.5 Å². The van der Waals surface area contributed by atoms with Crippen LogP contribution in [0.3, 0.4) is 0 Å². The summed E-state index contributed by atoms with van der Waals surface area (Å²) < 4.78 is 169. The molecule has 1 aliphatic carbocycles. The molecule has 6 aliphatic heterocycles. The van der Waals surface area contributed by atoms with E-state index in [1.165, 1.54) is 50.1 Å². The first-order chi connectivity index (χ1) is 47.2. The summed E-state index contributed by atoms with van der Waals surface area (Å²) in [6, 6.07) is 26.4. The molecule has 29 heteroatoms. The Morgan fingerprint density at radius 2 is 0.970 bits per heavy atom. The van der Waals surface area contributed by atoms with E-state index in [0.29, 0.717) is 137 Å². The SMILES string of the molecule is CCOC(=O)CN1CCn2c(C(F)(F)F)ccc2C12CCN(C(=O)c1ccc(OC(C)C)c(C)c1)CC2.CN1CCn2c(C(F)(F)F)ccc2C12CCN(C(=O)c1ccc(S(=O)(=O)NC3CC3)cc1)CC2.COc1cccc(C(=O)N2CCC3(CC2)c2ccc(C(F)(F)F)n2CCN3C)c1.[HH]. The highest BCUT2D eigenvalue weighted by Crippen LogP contribution is 2.48. The van der Waals surface area contributed by atoms with Gasteiger partial charge in [-0.25, -0.2) is 13.1 Å². The predicted octanol–water partition coefficient (Wildman–Crippen LogP) is 11.5. The molecule has 544 valence electrons. The van der Waals surface area contributed by atoms with E-state index in [1.807, 2.05) is 39.8 Å². The Kier molecular flexibility index (Phi) is 20.9. The first-order valence-electron chi connectivity index (χ1n) is 33.8. The molecule has 7 aliphatic rings. The molecule has 3 amide bonds. The minimum Gasteiger partial charge on any atom is -0.497 e. The van der Waals surface area contributed by atoms with Gasteiger partial charge in [0.25, 0.3) is 17.7 Å². The maximum absolute atomic E-state index is 13.7. The number of halogens is 9. The van der Waals surface area contributed by atoms with E-state index in [-0.39, 0.29) is 69.0 Å². The fourth-order valence-corrected chi connectivity index (χ4v) is 16.7. The maximum Gasteiger partial charge on any atom is 0.431 e. The Bertz CT molecular complexity index is 4090. The Labute approximate surface area is 577 Å². The van der Waals surface area contributed by atoms with Crippen LogP contribution in [0.2, 0.25) is 0 Å². The van der Waals surface area contributed by atoms with Gasteiger partial charge in [0.05, 0.1) is 47.9 Å². The summed E-state index contributed by atoms with van der Waals surface area (Å²) in [6.45, 7) is 12.3. The number of likely N-dealkylation sites (tertiary alicyclic amines) is 3. The summed E-state index contributed by atoms with van der Waals surface area (Å²) >= 11 is 0. The van der Waals surface area contributed by atoms with Crippen molar-refractivity contribution in [2.24, 2.45) is 0 Å². The van der Waals surface area contributed by atoms with E-state index in [9.17, 15) is 67.1 Å². The van der Waals surface area contributed by atoms with Crippen LogP contribution < -0.4 is 14.2 Å². The number of piperidine rings is 3. The Morgan fingerprint density at radius 1 is 0.550 bits per heavy atom. The number of rotatable bonds is 12. The van der Waals surface area contributed by atoms with Gasteiger partial charge in [-0.05, 0) is 196 Å². The number of nitrogens with one attached hydrogen (secondary N) is 1. The standard InChI is InChI=1S/C27H34F3N3O4.C23H27F3N4O3S.C21H24F3N3O2.H2/c1-5-36-24(34)17-32-14-15-33-22(8-9-23(33)27(28,29)30)26(32)10-12-31(13-11-26)25(35)20-6-7-21(19(4)16-20)37-18(2)3;1-28-14-15-30-19(8-9-20(30)23(24,25)26)22(28)10-12-29(13-11-22)21(31)16-2-6-18(7-3-16)34(32,33)27-17-4-5-17;1-25-12-13-27-17(6-7-18(27)21(22,23)24)20(25)8-10-26(11-9-20)19(28)15-4-3-5-16(14-15)29-2;/h6-9,16,18H,5,10-15,17H2,1-4H3;2-3,6-9,17,27H,4-5,10-15H2,1H3;3-7,14H,8-13H2,1-2H3;1H. The van der Waals surface area contributed by atoms with Crippen LogP contribution in [-0.4, -0.2) is 181 Å². The van der Waals surface area contributed by atoms with Crippen molar-refractivity contribution in [2.75, 3.05) is 93.3 Å². The van der Waals surface area contributed by atoms with Gasteiger partial charge in [0, 0.05) is 120 Å². The van der Waals surface area contributed by atoms with Gasteiger partial charge in [-0.3, -0.25) is 33.9 Å². The summed E-state index contributed by atoms with van der Waals surface area (Å²) in [5.74, 6) is 0.516. The highest BCUT2D eigenvalue weighted by atomic mass is 32.2. The Morgan fingerprint density at radius 3 is 1.39 bits per heavy atom. The summed E-state index contributed by atoms with van der Waals surface area (Å²) in [4.78, 5) is 63.2. The maximum atomic E-state index is 13.7. The number of likely N-dealkylation sites (N-methyl/N-ethyl adjacent to an activating group) is 2. The topological polar surface area (TPSA) is 176 Å². The third kappa shape index (κ3) is 14.8. The molecule has 3 saturated heterocycles. The summed E-state index contributed by atoms with van der Waals surface area (Å²) in [5.41, 5.74) is 0.510. The lowest BCUT2D eigenvalue weighted by molar-refractivity contribution is -0.150. The van der Waals surface area contributed by atoms with E-state index >= 15 is 0 Å². The molecule has 0 unspecified atom stereocenters. The predicted molar refractivity (Wildman–Crippen MR) is 354 cm³/mol. The van der Waals surface area contributed by atoms with Crippen LogP contribution >= 0.6 is 0 Å². The molecule has 3 aromatic heterocycles.